The van der Waals surface area contributed by atoms with Crippen molar-refractivity contribution < 1.29 is 46.0 Å². The Kier molecular flexibility index (Phi) is 9.29. The first-order valence-corrected chi connectivity index (χ1v) is 13.5. The second kappa shape index (κ2) is 11.2. The molecule has 7 N–H and O–H groups in total. The maximum Gasteiger partial charge on any atom is 0.190 e. The van der Waals surface area contributed by atoms with E-state index in [-0.39, 0.29) is 50.0 Å². The van der Waals surface area contributed by atoms with Crippen molar-refractivity contribution in [3.63, 3.8) is 0 Å². The van der Waals surface area contributed by atoms with Crippen LogP contribution in [0.3, 0.4) is 0 Å². The molecule has 8 heteroatoms. The summed E-state index contributed by atoms with van der Waals surface area (Å²) in [5, 5.41) is 31.7. The summed E-state index contributed by atoms with van der Waals surface area (Å²) in [6.07, 6.45) is 12.7. The number of Topliss-reactive ketones (excluding diaryl/α,β-unsaturated/α-hetero) is 1. The molecule has 4 saturated carbocycles. The largest absolute Gasteiger partial charge is 0.393 e. The number of ketones is 2. The number of carbonyl (C=O) groups excluding carboxylic acids is 2. The molecule has 0 aromatic heterocycles. The first kappa shape index (κ1) is 29.9. The van der Waals surface area contributed by atoms with Gasteiger partial charge in [-0.3, -0.25) is 9.59 Å². The van der Waals surface area contributed by atoms with E-state index in [9.17, 15) is 24.9 Å². The van der Waals surface area contributed by atoms with Gasteiger partial charge in [0.1, 0.15) is 12.2 Å². The standard InChI is InChI=1S/C21H28O5.C7H16N2.Pt/c1-19-7-5-13(23)9-12(19)3-4-14-15-6-8-21(26,17(25)11-22)20(15,2)10-16(24)18(14)19;8-5-6-3-1-2-4-7(6)9;/h5,7,9,14-16,18,22,24,26H,3-4,6,8,10-11H2,1-2H3;6-7H,1-5,8-9H2;/t14?,15?,16?,18?,19-,20-,21-;6-,7-;/m01./s1. The smallest absolute Gasteiger partial charge is 0.190 e. The minimum Gasteiger partial charge on any atom is -0.393 e. The maximum atomic E-state index is 12.4. The van der Waals surface area contributed by atoms with Gasteiger partial charge < -0.3 is 26.8 Å². The molecule has 0 amide bonds. The Morgan fingerprint density at radius 2 is 1.86 bits per heavy atom. The minimum absolute atomic E-state index is 0. The van der Waals surface area contributed by atoms with Crippen molar-refractivity contribution in [2.45, 2.75) is 89.4 Å². The van der Waals surface area contributed by atoms with Crippen LogP contribution in [0.25, 0.3) is 0 Å². The summed E-state index contributed by atoms with van der Waals surface area (Å²) in [6, 6.07) is 0.392. The maximum absolute atomic E-state index is 12.4. The quantitative estimate of drug-likeness (QED) is 0.306. The zero-order valence-electron chi connectivity index (χ0n) is 21.6. The number of aliphatic hydroxyl groups excluding tert-OH is 2. The average molecular weight is 684 g/mol. The third-order valence-corrected chi connectivity index (χ3v) is 10.5. The first-order valence-electron chi connectivity index (χ1n) is 13.5. The molecule has 0 heterocycles. The number of fused-ring (bicyclic) bond motifs is 5. The van der Waals surface area contributed by atoms with Gasteiger partial charge in [0.2, 0.25) is 0 Å². The number of hydrogen-bond donors (Lipinski definition) is 5. The summed E-state index contributed by atoms with van der Waals surface area (Å²) < 4.78 is 0. The van der Waals surface area contributed by atoms with Gasteiger partial charge in [-0.2, -0.15) is 0 Å². The normalized spacial score (nSPS) is 45.2. The van der Waals surface area contributed by atoms with E-state index < -0.39 is 29.5 Å². The summed E-state index contributed by atoms with van der Waals surface area (Å²) in [4.78, 5) is 24.2. The van der Waals surface area contributed by atoms with Gasteiger partial charge >= 0.3 is 0 Å². The molecule has 7 nitrogen and oxygen atoms in total. The molecule has 0 spiro atoms. The average Bonchev–Trinajstić information content (AvgIpc) is 3.10. The van der Waals surface area contributed by atoms with Crippen LogP contribution >= 0.6 is 0 Å². The van der Waals surface area contributed by atoms with Gasteiger partial charge in [-0.05, 0) is 81.4 Å². The molecule has 5 rings (SSSR count). The van der Waals surface area contributed by atoms with Crippen LogP contribution in [-0.2, 0) is 30.7 Å². The molecule has 0 aromatic carbocycles. The molecule has 4 unspecified atom stereocenters. The van der Waals surface area contributed by atoms with Gasteiger partial charge in [0.15, 0.2) is 11.6 Å². The number of nitrogens with two attached hydrogens (primary N) is 2. The van der Waals surface area contributed by atoms with Crippen LogP contribution < -0.4 is 11.5 Å². The molecule has 0 radical (unpaired) electrons. The molecule has 4 fully saturated rings. The van der Waals surface area contributed by atoms with E-state index in [2.05, 4.69) is 6.92 Å². The summed E-state index contributed by atoms with van der Waals surface area (Å²) in [6.45, 7) is 4.12. The monoisotopic (exact) mass is 683 g/mol. The summed E-state index contributed by atoms with van der Waals surface area (Å²) in [7, 11) is 0. The number of hydrogen-bond acceptors (Lipinski definition) is 7. The van der Waals surface area contributed by atoms with Crippen LogP contribution in [0.2, 0.25) is 0 Å². The van der Waals surface area contributed by atoms with Gasteiger partial charge in [0, 0.05) is 43.9 Å². The van der Waals surface area contributed by atoms with E-state index in [4.69, 9.17) is 11.5 Å². The third kappa shape index (κ3) is 4.78. The Bertz CT molecular complexity index is 908. The molecular weight excluding hydrogens is 639 g/mol. The third-order valence-electron chi connectivity index (χ3n) is 10.5. The fraction of sp³-hybridized carbons (Fsp3) is 0.786. The molecule has 9 atom stereocenters. The number of carbonyl (C=O) groups is 2. The molecule has 0 aliphatic heterocycles. The summed E-state index contributed by atoms with van der Waals surface area (Å²) in [5.74, 6) is 0.383. The van der Waals surface area contributed by atoms with E-state index in [1.807, 2.05) is 13.0 Å². The van der Waals surface area contributed by atoms with Gasteiger partial charge in [-0.15, -0.1) is 0 Å². The van der Waals surface area contributed by atoms with E-state index in [1.165, 1.54) is 25.7 Å². The Morgan fingerprint density at radius 1 is 1.17 bits per heavy atom. The Hall–Kier alpha value is -0.692. The Balaban J connectivity index is 0.000000307. The molecule has 206 valence electrons. The SMILES string of the molecule is C[C@]12C=CC(=O)C=C1CCC1C2C(O)C[C@@]2(C)C1CC[C@]2(O)C(=O)CO.NC[C@H]1CCCC[C@H]1N.[Pt]. The Morgan fingerprint density at radius 3 is 2.47 bits per heavy atom. The second-order valence-corrected chi connectivity index (χ2v) is 12.1. The number of allylic oxidation sites excluding steroid dienone is 4. The summed E-state index contributed by atoms with van der Waals surface area (Å²) >= 11 is 0. The summed E-state index contributed by atoms with van der Waals surface area (Å²) in [5.41, 5.74) is 9.78. The molecular formula is C28H44N2O5Pt. The fourth-order valence-electron chi connectivity index (χ4n) is 8.45. The number of aliphatic hydroxyl groups is 3. The second-order valence-electron chi connectivity index (χ2n) is 12.1. The predicted octanol–water partition coefficient (Wildman–Crippen LogP) is 2.02. The van der Waals surface area contributed by atoms with Crippen molar-refractivity contribution in [3.8, 4) is 0 Å². The molecule has 0 bridgehead atoms. The van der Waals surface area contributed by atoms with Crippen LogP contribution in [0.1, 0.15) is 71.6 Å². The Labute approximate surface area is 229 Å². The van der Waals surface area contributed by atoms with E-state index in [0.717, 1.165) is 31.4 Å². The van der Waals surface area contributed by atoms with Crippen LogP contribution in [0.5, 0.6) is 0 Å². The van der Waals surface area contributed by atoms with Gasteiger partial charge in [0.05, 0.1) is 6.10 Å². The van der Waals surface area contributed by atoms with Crippen molar-refractivity contribution in [3.05, 3.63) is 23.8 Å². The number of rotatable bonds is 3. The minimum atomic E-state index is -1.56. The molecule has 5 aliphatic carbocycles. The van der Waals surface area contributed by atoms with E-state index in [0.29, 0.717) is 24.8 Å². The van der Waals surface area contributed by atoms with Crippen molar-refractivity contribution in [1.29, 1.82) is 0 Å². The van der Waals surface area contributed by atoms with E-state index in [1.54, 1.807) is 12.2 Å². The fourth-order valence-corrected chi connectivity index (χ4v) is 8.45. The molecule has 5 aliphatic rings. The van der Waals surface area contributed by atoms with E-state index >= 15 is 0 Å². The van der Waals surface area contributed by atoms with Crippen LogP contribution in [0, 0.1) is 34.5 Å². The van der Waals surface area contributed by atoms with Crippen molar-refractivity contribution in [1.82, 2.24) is 0 Å². The predicted molar refractivity (Wildman–Crippen MR) is 134 cm³/mol. The van der Waals surface area contributed by atoms with Crippen LogP contribution in [0.15, 0.2) is 23.8 Å². The van der Waals surface area contributed by atoms with Crippen molar-refractivity contribution in [2.24, 2.45) is 46.0 Å². The zero-order chi connectivity index (χ0) is 25.6. The van der Waals surface area contributed by atoms with Gasteiger partial charge in [0.25, 0.3) is 0 Å². The van der Waals surface area contributed by atoms with Gasteiger partial charge in [-0.1, -0.05) is 38.3 Å². The molecule has 36 heavy (non-hydrogen) atoms. The van der Waals surface area contributed by atoms with Crippen LogP contribution in [-0.4, -0.2) is 57.8 Å². The van der Waals surface area contributed by atoms with Crippen LogP contribution in [0.4, 0.5) is 0 Å². The first-order chi connectivity index (χ1) is 16.5. The molecule has 0 aromatic rings. The topological polar surface area (TPSA) is 147 Å². The zero-order valence-corrected chi connectivity index (χ0v) is 23.9. The van der Waals surface area contributed by atoms with Crippen molar-refractivity contribution in [2.75, 3.05) is 13.2 Å². The van der Waals surface area contributed by atoms with Crippen molar-refractivity contribution >= 4 is 11.6 Å². The van der Waals surface area contributed by atoms with Gasteiger partial charge in [-0.25, -0.2) is 0 Å². The molecule has 0 saturated heterocycles.